The molecule has 56 heteroatoms. The van der Waals surface area contributed by atoms with Gasteiger partial charge in [-0.2, -0.15) is 0 Å². The van der Waals surface area contributed by atoms with Crippen molar-refractivity contribution in [1.82, 2.24) is 66.2 Å². The second-order valence-electron chi connectivity index (χ2n) is 36.3. The average Bonchev–Trinajstić information content (AvgIpc) is 1.61. The lowest BCUT2D eigenvalue weighted by Crippen LogP contribution is -2.66. The number of nitrogens with zero attached hydrogens (tertiary/aromatic N) is 9. The Hall–Kier alpha value is -6.06. The predicted molar refractivity (Wildman–Crippen MR) is 523 cm³/mol. The topological polar surface area (TPSA) is 632 Å². The average molecular weight is 2190 g/mol. The van der Waals surface area contributed by atoms with Crippen LogP contribution >= 0.6 is 22.5 Å². The fourth-order valence-corrected chi connectivity index (χ4v) is 16.8. The van der Waals surface area contributed by atoms with Gasteiger partial charge in [-0.05, 0) is 19.3 Å². The van der Waals surface area contributed by atoms with Crippen LogP contribution in [0.5, 0.6) is 0 Å². The van der Waals surface area contributed by atoms with Crippen LogP contribution in [0.15, 0.2) is 18.6 Å². The number of ketones is 2. The minimum Gasteiger partial charge on any atom is -0.388 e. The summed E-state index contributed by atoms with van der Waals surface area (Å²) in [5.41, 5.74) is -3.74. The zero-order chi connectivity index (χ0) is 107. The summed E-state index contributed by atoms with van der Waals surface area (Å²) in [6, 6.07) is -2.76. The maximum absolute atomic E-state index is 14.4. The molecule has 3 aromatic rings. The van der Waals surface area contributed by atoms with Gasteiger partial charge in [0, 0.05) is 65.2 Å². The summed E-state index contributed by atoms with van der Waals surface area (Å²) >= 11 is 4.05. The van der Waals surface area contributed by atoms with Crippen LogP contribution in [0.4, 0.5) is 0 Å². The fraction of sp³-hybridized carbons (Fsp3) is 0.872. The molecule has 10 N–H and O–H groups in total. The van der Waals surface area contributed by atoms with E-state index in [2.05, 4.69) is 63.9 Å². The van der Waals surface area contributed by atoms with Gasteiger partial charge in [0.1, 0.15) is 106 Å². The molecular weight excluding hydrogens is 2030 g/mol. The third-order valence-corrected chi connectivity index (χ3v) is 24.9. The molecule has 860 valence electrons. The molecule has 150 heavy (non-hydrogen) atoms. The van der Waals surface area contributed by atoms with E-state index < -0.39 is 114 Å². The van der Waals surface area contributed by atoms with E-state index in [1.807, 2.05) is 0 Å². The van der Waals surface area contributed by atoms with Crippen LogP contribution in [0.3, 0.4) is 0 Å². The smallest absolute Gasteiger partial charge is 0.220 e. The van der Waals surface area contributed by atoms with Gasteiger partial charge in [0.2, 0.25) is 23.6 Å². The number of ether oxygens (including phenoxy) is 29. The maximum Gasteiger partial charge on any atom is 0.220 e. The summed E-state index contributed by atoms with van der Waals surface area (Å²) < 4.78 is 172. The lowest BCUT2D eigenvalue weighted by Gasteiger charge is -2.42. The summed E-state index contributed by atoms with van der Waals surface area (Å²) in [5.74, 6) is -0.471. The highest BCUT2D eigenvalue weighted by molar-refractivity contribution is 8.68. The van der Waals surface area contributed by atoms with Crippen molar-refractivity contribution >= 4 is 57.6 Å². The highest BCUT2D eigenvalue weighted by Crippen LogP contribution is 2.40. The molecule has 0 aliphatic carbocycles. The molecule has 6 fully saturated rings. The summed E-state index contributed by atoms with van der Waals surface area (Å²) in [6.07, 6.45) is -0.576. The van der Waals surface area contributed by atoms with Crippen molar-refractivity contribution < 1.29 is 197 Å². The van der Waals surface area contributed by atoms with E-state index in [0.717, 1.165) is 5.75 Å². The van der Waals surface area contributed by atoms with Crippen LogP contribution in [0.2, 0.25) is 0 Å². The first-order chi connectivity index (χ1) is 73.0. The van der Waals surface area contributed by atoms with Gasteiger partial charge in [-0.3, -0.25) is 28.8 Å². The molecule has 6 saturated heterocycles. The number of Topliss-reactive ketones (excluding diaryl/α,β-unsaturated/α-hetero) is 2. The van der Waals surface area contributed by atoms with E-state index in [1.54, 1.807) is 32.6 Å². The Kier molecular flexibility index (Phi) is 63.7. The van der Waals surface area contributed by atoms with Gasteiger partial charge in [-0.25, -0.2) is 14.0 Å². The van der Waals surface area contributed by atoms with Crippen LogP contribution in [0, 0.1) is 0 Å². The van der Waals surface area contributed by atoms with Gasteiger partial charge in [-0.1, -0.05) is 39.3 Å². The molecule has 6 aliphatic rings. The van der Waals surface area contributed by atoms with Gasteiger partial charge >= 0.3 is 0 Å². The Morgan fingerprint density at radius 2 is 0.600 bits per heavy atom. The predicted octanol–water partition coefficient (Wildman–Crippen LogP) is -3.73. The Morgan fingerprint density at radius 1 is 0.340 bits per heavy atom. The Morgan fingerprint density at radius 3 is 0.893 bits per heavy atom. The van der Waals surface area contributed by atoms with Crippen LogP contribution in [-0.4, -0.2) is 516 Å². The van der Waals surface area contributed by atoms with E-state index >= 15 is 0 Å². The van der Waals surface area contributed by atoms with Crippen molar-refractivity contribution in [1.29, 1.82) is 0 Å². The Bertz CT molecular complexity index is 3810. The minimum absolute atomic E-state index is 0.0234. The monoisotopic (exact) mass is 2190 g/mol. The van der Waals surface area contributed by atoms with E-state index in [4.69, 9.17) is 137 Å². The number of aliphatic hydroxyl groups is 6. The van der Waals surface area contributed by atoms with Crippen LogP contribution < -0.4 is 21.3 Å². The van der Waals surface area contributed by atoms with Crippen molar-refractivity contribution in [2.24, 2.45) is 0 Å². The van der Waals surface area contributed by atoms with Crippen molar-refractivity contribution in [3.8, 4) is 0 Å². The van der Waals surface area contributed by atoms with Gasteiger partial charge in [0.05, 0.1) is 355 Å². The van der Waals surface area contributed by atoms with Gasteiger partial charge in [0.25, 0.3) is 0 Å². The van der Waals surface area contributed by atoms with Gasteiger partial charge in [-0.15, -0.1) is 27.0 Å². The molecule has 0 radical (unpaired) electrons. The minimum atomic E-state index is -1.36. The molecule has 3 aromatic heterocycles. The number of rotatable bonds is 96. The first-order valence-corrected chi connectivity index (χ1v) is 53.4. The van der Waals surface area contributed by atoms with Gasteiger partial charge < -0.3 is 189 Å². The number of aromatic nitrogens is 9. The molecule has 54 nitrogen and oxygen atoms in total. The van der Waals surface area contributed by atoms with Crippen molar-refractivity contribution in [2.75, 3.05) is 310 Å². The zero-order valence-electron chi connectivity index (χ0n) is 86.6. The number of thiol groups is 1. The van der Waals surface area contributed by atoms with E-state index in [0.29, 0.717) is 207 Å². The molecule has 9 heterocycles. The third kappa shape index (κ3) is 49.0. The number of hydrogen-bond acceptors (Lipinski definition) is 49. The van der Waals surface area contributed by atoms with E-state index in [-0.39, 0.29) is 235 Å². The van der Waals surface area contributed by atoms with Crippen LogP contribution in [-0.2, 0) is 206 Å². The Labute approximate surface area is 882 Å². The van der Waals surface area contributed by atoms with E-state index in [9.17, 15) is 59.4 Å². The Balaban J connectivity index is 0.676. The van der Waals surface area contributed by atoms with Gasteiger partial charge in [0.15, 0.2) is 18.9 Å². The number of hydrogen-bond donors (Lipinski definition) is 11. The molecule has 0 unspecified atom stereocenters. The molecule has 6 bridgehead atoms. The SMILES string of the molecule is CC(=O)N[C@H]1[C@H]2OC[C@](COCCOCCOCCOCCn3cc(COCC(COCc4cn(CCOCCOCCOCCOC[C@@]56CO[C@@H](O5)[C@H](NC(C)=O)[C@@H](O)[C@H]6O)nn4)(COCc4cn(CCOCCOCCOCCOC[C@@]56CO[C@@H](O5)[C@H](NC(C)=O)[C@@H](O)[C@H]6O)nn4)NC(=O)CCCCCCC(=O)CCOCCOCCOCCOCCOCCOCCOCCOCCCC(=O)CCSS)nn3)(O2)[C@H](O)[C@@H]1O. The zero-order valence-corrected chi connectivity index (χ0v) is 88.3. The second kappa shape index (κ2) is 75.0. The lowest BCUT2D eigenvalue weighted by atomic mass is 9.88. The molecule has 6 aliphatic heterocycles. The molecule has 0 aromatic carbocycles. The van der Waals surface area contributed by atoms with Crippen molar-refractivity contribution in [3.05, 3.63) is 35.7 Å². The third-order valence-electron chi connectivity index (χ3n) is 24.0. The number of nitrogens with one attached hydrogen (secondary N) is 4. The number of carbonyl (C=O) groups is 6. The van der Waals surface area contributed by atoms with Crippen molar-refractivity contribution in [2.45, 2.75) is 220 Å². The number of fused-ring (bicyclic) bond motifs is 6. The number of aliphatic hydroxyl groups excluding tert-OH is 6. The molecule has 0 saturated carbocycles. The normalized spacial score (nSPS) is 23.4. The summed E-state index contributed by atoms with van der Waals surface area (Å²) in [4.78, 5) is 73.9. The highest BCUT2D eigenvalue weighted by Gasteiger charge is 2.62. The van der Waals surface area contributed by atoms with Crippen molar-refractivity contribution in [3.63, 3.8) is 0 Å². The lowest BCUT2D eigenvalue weighted by molar-refractivity contribution is -0.238. The fourth-order valence-electron chi connectivity index (χ4n) is 16.2. The standard InChI is InChI=1S/C94H161N13O41S2/c1-70(108)95-79-82(114)85(117)92(67-143-88(79)146-92)64-137-51-48-134-45-42-127-29-24-122-19-14-105-55-73(99-102-105)58-140-61-91(62-141-59-74-56-106(103-100-74)15-20-123-25-30-128-43-46-135-49-52-138-65-93-68-144-89(147-93)80(96-71(2)109)83(115)86(93)118,63-142-60-75-57-107(104-101-75)16-21-124-26-31-129-44-47-136-50-53-139-66-94-69-145-90(148-94)81(97-72(3)110)84(116)87(94)119)98-78(113)11-7-5-4-6-9-76(111)12-18-121-23-28-126-33-35-131-37-39-133-41-40-132-38-36-130-34-32-125-27-22-120-17-8-10-77(112)13-54-150-149/h55-57,79-90,114-119,149H,4-54,58-69H2,1-3H3,(H,95,108)(H,96,109)(H,97,110)(H,98,113)/t79-,80-,81-,82-,83-,84-,85-,86-,87-,88+,89+,90+,92+,93+,94+/m1/s1. The highest BCUT2D eigenvalue weighted by atomic mass is 33.1. The molecule has 4 amide bonds. The number of unbranched alkanes of at least 4 members (excludes halogenated alkanes) is 3. The first-order valence-electron chi connectivity index (χ1n) is 51.4. The second-order valence-corrected chi connectivity index (χ2v) is 37.7. The maximum atomic E-state index is 14.4. The quantitative estimate of drug-likeness (QED) is 0.0147. The molecule has 15 atom stereocenters. The van der Waals surface area contributed by atoms with E-state index in [1.165, 1.54) is 31.6 Å². The van der Waals surface area contributed by atoms with Crippen LogP contribution in [0.25, 0.3) is 0 Å². The molecule has 0 spiro atoms. The molecule has 9 rings (SSSR count). The summed E-state index contributed by atoms with van der Waals surface area (Å²) in [7, 11) is 1.37. The first kappa shape index (κ1) is 127. The summed E-state index contributed by atoms with van der Waals surface area (Å²) in [6.45, 7) is 16.2. The number of carbonyl (C=O) groups excluding carboxylic acids is 6. The summed E-state index contributed by atoms with van der Waals surface area (Å²) in [5, 5.41) is 101. The molecular formula is C94H161N13O41S2. The largest absolute Gasteiger partial charge is 0.388 e. The number of amides is 4. The van der Waals surface area contributed by atoms with Crippen LogP contribution in [0.1, 0.15) is 102 Å².